The van der Waals surface area contributed by atoms with Crippen molar-refractivity contribution in [2.24, 2.45) is 5.73 Å². The zero-order valence-electron chi connectivity index (χ0n) is 9.79. The van der Waals surface area contributed by atoms with Crippen molar-refractivity contribution < 1.29 is 9.53 Å². The van der Waals surface area contributed by atoms with Gasteiger partial charge in [0, 0.05) is 7.11 Å². The normalized spacial score (nSPS) is 16.5. The molecule has 88 valence electrons. The first kappa shape index (κ1) is 14.3. The van der Waals surface area contributed by atoms with Crippen LogP contribution in [0.3, 0.4) is 0 Å². The van der Waals surface area contributed by atoms with Crippen LogP contribution in [0.1, 0.15) is 33.6 Å². The fraction of sp³-hybridized carbons (Fsp3) is 0.800. The molecule has 4 nitrogen and oxygen atoms in total. The van der Waals surface area contributed by atoms with Crippen LogP contribution in [0.5, 0.6) is 0 Å². The topological polar surface area (TPSA) is 64.3 Å². The molecule has 0 saturated heterocycles. The molecule has 0 heterocycles. The molecule has 0 spiro atoms. The molecule has 0 aliphatic heterocycles. The number of methoxy groups -OCH3 is 1. The van der Waals surface area contributed by atoms with Gasteiger partial charge >= 0.3 is 0 Å². The summed E-state index contributed by atoms with van der Waals surface area (Å²) in [4.78, 5) is 12.2. The molecule has 15 heavy (non-hydrogen) atoms. The van der Waals surface area contributed by atoms with Crippen LogP contribution in [0.25, 0.3) is 0 Å². The minimum absolute atomic E-state index is 0.174. The van der Waals surface area contributed by atoms with Gasteiger partial charge in [0.15, 0.2) is 0 Å². The van der Waals surface area contributed by atoms with Crippen molar-refractivity contribution in [2.45, 2.75) is 45.3 Å². The molecule has 0 radical (unpaired) electrons. The molecule has 2 atom stereocenters. The first-order valence-corrected chi connectivity index (χ1v) is 5.47. The molecule has 1 amide bonds. The maximum atomic E-state index is 11.8. The van der Waals surface area contributed by atoms with E-state index in [0.29, 0.717) is 17.8 Å². The highest BCUT2D eigenvalue weighted by Crippen LogP contribution is 2.14. The second-order valence-electron chi connectivity index (χ2n) is 3.63. The second kappa shape index (κ2) is 6.02. The molecule has 0 aromatic heterocycles. The van der Waals surface area contributed by atoms with E-state index in [9.17, 15) is 4.79 Å². The van der Waals surface area contributed by atoms with Crippen molar-refractivity contribution in [1.82, 2.24) is 5.32 Å². The molecule has 3 N–H and O–H groups in total. The van der Waals surface area contributed by atoms with Crippen molar-refractivity contribution in [2.75, 3.05) is 7.11 Å². The number of hydrogen-bond donors (Lipinski definition) is 2. The molecule has 0 fully saturated rings. The van der Waals surface area contributed by atoms with Crippen LogP contribution in [0.4, 0.5) is 0 Å². The third-order valence-electron chi connectivity index (χ3n) is 2.66. The summed E-state index contributed by atoms with van der Waals surface area (Å²) in [6, 6.07) is -0.256. The van der Waals surface area contributed by atoms with Crippen LogP contribution in [0.15, 0.2) is 0 Å². The quantitative estimate of drug-likeness (QED) is 0.670. The number of carbonyl (C=O) groups is 1. The van der Waals surface area contributed by atoms with Gasteiger partial charge < -0.3 is 15.8 Å². The first-order chi connectivity index (χ1) is 6.91. The van der Waals surface area contributed by atoms with Crippen molar-refractivity contribution in [3.05, 3.63) is 0 Å². The van der Waals surface area contributed by atoms with Crippen LogP contribution < -0.4 is 11.1 Å². The minimum atomic E-state index is -0.807. The average molecular weight is 232 g/mol. The molecule has 0 aromatic rings. The van der Waals surface area contributed by atoms with Crippen LogP contribution in [0.2, 0.25) is 0 Å². The third-order valence-corrected chi connectivity index (χ3v) is 2.95. The molecule has 0 aromatic carbocycles. The number of carbonyl (C=O) groups excluding carboxylic acids is 1. The van der Waals surface area contributed by atoms with Crippen LogP contribution in [-0.4, -0.2) is 29.6 Å². The largest absolute Gasteiger partial charge is 0.392 e. The number of nitrogens with one attached hydrogen (secondary N) is 1. The lowest BCUT2D eigenvalue weighted by atomic mass is 10.0. The van der Waals surface area contributed by atoms with Gasteiger partial charge in [0.2, 0.25) is 0 Å². The van der Waals surface area contributed by atoms with Gasteiger partial charge in [-0.15, -0.1) is 0 Å². The van der Waals surface area contributed by atoms with Gasteiger partial charge in [-0.25, -0.2) is 0 Å². The van der Waals surface area contributed by atoms with E-state index in [4.69, 9.17) is 22.7 Å². The van der Waals surface area contributed by atoms with Crippen molar-refractivity contribution >= 4 is 23.1 Å². The van der Waals surface area contributed by atoms with E-state index >= 15 is 0 Å². The Labute approximate surface area is 96.5 Å². The number of amides is 1. The molecule has 0 aliphatic carbocycles. The minimum Gasteiger partial charge on any atom is -0.392 e. The second-order valence-corrected chi connectivity index (χ2v) is 4.10. The summed E-state index contributed by atoms with van der Waals surface area (Å²) >= 11 is 4.85. The number of thiocarbonyl (C=S) groups is 1. The zero-order chi connectivity index (χ0) is 12.1. The fourth-order valence-corrected chi connectivity index (χ4v) is 1.31. The van der Waals surface area contributed by atoms with E-state index in [2.05, 4.69) is 5.32 Å². The van der Waals surface area contributed by atoms with E-state index in [1.165, 1.54) is 7.11 Å². The maximum Gasteiger partial charge on any atom is 0.252 e. The lowest BCUT2D eigenvalue weighted by Gasteiger charge is -2.27. The molecular formula is C10H20N2O2S. The van der Waals surface area contributed by atoms with Crippen LogP contribution in [0, 0.1) is 0 Å². The molecule has 0 aliphatic rings. The van der Waals surface area contributed by atoms with Gasteiger partial charge in [-0.05, 0) is 19.8 Å². The predicted octanol–water partition coefficient (Wildman–Crippen LogP) is 0.982. The van der Waals surface area contributed by atoms with Gasteiger partial charge in [-0.1, -0.05) is 26.1 Å². The van der Waals surface area contributed by atoms with E-state index in [0.717, 1.165) is 0 Å². The summed E-state index contributed by atoms with van der Waals surface area (Å²) in [5, 5.41) is 2.78. The van der Waals surface area contributed by atoms with E-state index in [1.807, 2.05) is 13.8 Å². The third kappa shape index (κ3) is 3.76. The highest BCUT2D eigenvalue weighted by atomic mass is 32.1. The Bertz CT molecular complexity index is 240. The summed E-state index contributed by atoms with van der Waals surface area (Å²) in [5.41, 5.74) is 4.69. The fourth-order valence-electron chi connectivity index (χ4n) is 1.08. The Kier molecular flexibility index (Phi) is 5.75. The summed E-state index contributed by atoms with van der Waals surface area (Å²) in [6.07, 6.45) is 1.29. The maximum absolute atomic E-state index is 11.8. The Balaban J connectivity index is 4.52. The first-order valence-electron chi connectivity index (χ1n) is 5.06. The van der Waals surface area contributed by atoms with E-state index in [1.54, 1.807) is 6.92 Å². The SMILES string of the molecule is CCC(NC(=O)C(C)(CC)OC)C(N)=S. The zero-order valence-corrected chi connectivity index (χ0v) is 10.6. The molecule has 0 bridgehead atoms. The molecule has 5 heteroatoms. The lowest BCUT2D eigenvalue weighted by molar-refractivity contribution is -0.142. The van der Waals surface area contributed by atoms with Crippen LogP contribution in [-0.2, 0) is 9.53 Å². The summed E-state index contributed by atoms with van der Waals surface area (Å²) in [6.45, 7) is 5.56. The highest BCUT2D eigenvalue weighted by molar-refractivity contribution is 7.80. The summed E-state index contributed by atoms with van der Waals surface area (Å²) in [5.74, 6) is -0.174. The highest BCUT2D eigenvalue weighted by Gasteiger charge is 2.32. The van der Waals surface area contributed by atoms with Crippen molar-refractivity contribution in [3.63, 3.8) is 0 Å². The van der Waals surface area contributed by atoms with E-state index < -0.39 is 5.60 Å². The summed E-state index contributed by atoms with van der Waals surface area (Å²) in [7, 11) is 1.52. The standard InChI is InChI=1S/C10H20N2O2S/c1-5-7(8(11)15)12-9(13)10(3,6-2)14-4/h7H,5-6H2,1-4H3,(H2,11,15)(H,12,13). The van der Waals surface area contributed by atoms with Gasteiger partial charge in [0.05, 0.1) is 11.0 Å². The number of hydrogen-bond acceptors (Lipinski definition) is 3. The molecule has 2 unspecified atom stereocenters. The monoisotopic (exact) mass is 232 g/mol. The Morgan fingerprint density at radius 2 is 2.13 bits per heavy atom. The van der Waals surface area contributed by atoms with Crippen molar-refractivity contribution in [1.29, 1.82) is 0 Å². The molecule has 0 saturated carbocycles. The van der Waals surface area contributed by atoms with Crippen LogP contribution >= 0.6 is 12.2 Å². The van der Waals surface area contributed by atoms with E-state index in [-0.39, 0.29) is 11.9 Å². The Hall–Kier alpha value is -0.680. The molecule has 0 rings (SSSR count). The lowest BCUT2D eigenvalue weighted by Crippen LogP contribution is -2.52. The number of rotatable bonds is 6. The van der Waals surface area contributed by atoms with Gasteiger partial charge in [-0.3, -0.25) is 4.79 Å². The smallest absolute Gasteiger partial charge is 0.252 e. The summed E-state index contributed by atoms with van der Waals surface area (Å²) < 4.78 is 5.18. The Morgan fingerprint density at radius 3 is 2.40 bits per heavy atom. The van der Waals surface area contributed by atoms with Gasteiger partial charge in [0.25, 0.3) is 5.91 Å². The van der Waals surface area contributed by atoms with Crippen molar-refractivity contribution in [3.8, 4) is 0 Å². The van der Waals surface area contributed by atoms with Gasteiger partial charge in [0.1, 0.15) is 5.60 Å². The molecular weight excluding hydrogens is 212 g/mol. The number of nitrogens with two attached hydrogens (primary N) is 1. The Morgan fingerprint density at radius 1 is 1.60 bits per heavy atom. The van der Waals surface area contributed by atoms with Gasteiger partial charge in [-0.2, -0.15) is 0 Å². The predicted molar refractivity (Wildman–Crippen MR) is 64.7 cm³/mol. The number of ether oxygens (including phenoxy) is 1. The average Bonchev–Trinajstić information content (AvgIpc) is 2.23.